The molecule has 1 aromatic carbocycles. The Kier molecular flexibility index (Phi) is 8.12. The van der Waals surface area contributed by atoms with Gasteiger partial charge in [0.2, 0.25) is 0 Å². The number of benzene rings is 1. The molecule has 0 aliphatic rings. The zero-order chi connectivity index (χ0) is 19.6. The van der Waals surface area contributed by atoms with Gasteiger partial charge in [-0.25, -0.2) is 0 Å². The molecule has 144 valence electrons. The van der Waals surface area contributed by atoms with Crippen molar-refractivity contribution in [2.45, 2.75) is 19.1 Å². The van der Waals surface area contributed by atoms with Crippen LogP contribution >= 0.6 is 11.6 Å². The second-order valence-electron chi connectivity index (χ2n) is 5.59. The van der Waals surface area contributed by atoms with E-state index in [4.69, 9.17) is 16.3 Å². The molecule has 0 bridgehead atoms. The lowest BCUT2D eigenvalue weighted by Crippen LogP contribution is -2.46. The summed E-state index contributed by atoms with van der Waals surface area (Å²) in [7, 11) is 0. The first-order valence-corrected chi connectivity index (χ1v) is 8.78. The topological polar surface area (TPSA) is 113 Å². The summed E-state index contributed by atoms with van der Waals surface area (Å²) in [5.74, 6) is -0.760. The smallest absolute Gasteiger partial charge is 0.253 e. The minimum Gasteiger partial charge on any atom is -0.388 e. The van der Waals surface area contributed by atoms with Gasteiger partial charge in [-0.15, -0.1) is 0 Å². The lowest BCUT2D eigenvalue weighted by molar-refractivity contribution is -0.0287. The number of amides is 2. The summed E-state index contributed by atoms with van der Waals surface area (Å²) in [6, 6.07) is 8.17. The quantitative estimate of drug-likeness (QED) is 0.588. The standard InChI is InChI=1S/C18H21ClN4O4/c1-2-27-16(11-21-18(26)13-5-3-4-6-14(13)19)15(24)10-20-17(25)12-7-8-22-23-9-12/h3-9,15-16,24H,2,10-11H2,1H3,(H,20,25)(H,21,26)/t15-,16+/m0/s1. The van der Waals surface area contributed by atoms with E-state index < -0.39 is 12.2 Å². The fraction of sp³-hybridized carbons (Fsp3) is 0.333. The molecule has 2 rings (SSSR count). The molecule has 0 saturated carbocycles. The maximum Gasteiger partial charge on any atom is 0.253 e. The molecule has 2 aromatic rings. The molecule has 0 aliphatic carbocycles. The molecule has 27 heavy (non-hydrogen) atoms. The maximum absolute atomic E-state index is 12.2. The third-order valence-corrected chi connectivity index (χ3v) is 4.04. The monoisotopic (exact) mass is 392 g/mol. The summed E-state index contributed by atoms with van der Waals surface area (Å²) in [5, 5.41) is 23.2. The molecule has 3 N–H and O–H groups in total. The van der Waals surface area contributed by atoms with Gasteiger partial charge < -0.3 is 20.5 Å². The van der Waals surface area contributed by atoms with Crippen molar-refractivity contribution in [2.24, 2.45) is 0 Å². The second-order valence-corrected chi connectivity index (χ2v) is 6.00. The van der Waals surface area contributed by atoms with Gasteiger partial charge in [0.25, 0.3) is 11.8 Å². The van der Waals surface area contributed by atoms with Crippen LogP contribution in [0.4, 0.5) is 0 Å². The van der Waals surface area contributed by atoms with Crippen LogP contribution in [0, 0.1) is 0 Å². The van der Waals surface area contributed by atoms with E-state index in [0.717, 1.165) is 0 Å². The van der Waals surface area contributed by atoms with Crippen molar-refractivity contribution in [1.29, 1.82) is 0 Å². The molecule has 2 amide bonds. The van der Waals surface area contributed by atoms with Crippen molar-refractivity contribution < 1.29 is 19.4 Å². The van der Waals surface area contributed by atoms with Crippen LogP contribution in [0.3, 0.4) is 0 Å². The van der Waals surface area contributed by atoms with Crippen molar-refractivity contribution in [3.63, 3.8) is 0 Å². The fourth-order valence-corrected chi connectivity index (χ4v) is 2.53. The number of hydrogen-bond acceptors (Lipinski definition) is 6. The van der Waals surface area contributed by atoms with Gasteiger partial charge >= 0.3 is 0 Å². The third kappa shape index (κ3) is 6.28. The highest BCUT2D eigenvalue weighted by Gasteiger charge is 2.22. The summed E-state index contributed by atoms with van der Waals surface area (Å²) < 4.78 is 5.49. The summed E-state index contributed by atoms with van der Waals surface area (Å²) in [6.45, 7) is 2.13. The third-order valence-electron chi connectivity index (χ3n) is 3.71. The Morgan fingerprint density at radius 1 is 1.15 bits per heavy atom. The lowest BCUT2D eigenvalue weighted by atomic mass is 10.1. The van der Waals surface area contributed by atoms with E-state index in [0.29, 0.717) is 22.8 Å². The number of rotatable bonds is 9. The van der Waals surface area contributed by atoms with E-state index in [1.54, 1.807) is 31.2 Å². The van der Waals surface area contributed by atoms with Crippen LogP contribution in [0.2, 0.25) is 5.02 Å². The van der Waals surface area contributed by atoms with E-state index >= 15 is 0 Å². The highest BCUT2D eigenvalue weighted by molar-refractivity contribution is 6.33. The molecule has 1 heterocycles. The number of nitrogens with zero attached hydrogens (tertiary/aromatic N) is 2. The fourth-order valence-electron chi connectivity index (χ4n) is 2.31. The van der Waals surface area contributed by atoms with Gasteiger partial charge in [0.1, 0.15) is 6.10 Å². The number of aromatic nitrogens is 2. The average Bonchev–Trinajstić information content (AvgIpc) is 2.69. The number of aliphatic hydroxyl groups is 1. The van der Waals surface area contributed by atoms with Crippen molar-refractivity contribution in [1.82, 2.24) is 20.8 Å². The van der Waals surface area contributed by atoms with E-state index in [2.05, 4.69) is 20.8 Å². The number of aliphatic hydroxyl groups excluding tert-OH is 1. The van der Waals surface area contributed by atoms with Crippen LogP contribution in [0.15, 0.2) is 42.7 Å². The first kappa shape index (κ1) is 20.8. The summed E-state index contributed by atoms with van der Waals surface area (Å²) in [5.41, 5.74) is 0.666. The van der Waals surface area contributed by atoms with Crippen LogP contribution in [0.5, 0.6) is 0 Å². The van der Waals surface area contributed by atoms with Gasteiger partial charge in [-0.2, -0.15) is 10.2 Å². The summed E-state index contributed by atoms with van der Waals surface area (Å²) >= 11 is 6.00. The number of carbonyl (C=O) groups is 2. The minimum atomic E-state index is -1.02. The van der Waals surface area contributed by atoms with Crippen LogP contribution in [0.1, 0.15) is 27.6 Å². The molecule has 1 aromatic heterocycles. The van der Waals surface area contributed by atoms with Crippen molar-refractivity contribution in [3.05, 3.63) is 58.9 Å². The molecule has 9 heteroatoms. The molecule has 0 spiro atoms. The SMILES string of the molecule is CCO[C@H](CNC(=O)c1ccccc1Cl)[C@@H](O)CNC(=O)c1ccnnc1. The van der Waals surface area contributed by atoms with Crippen LogP contribution in [-0.2, 0) is 4.74 Å². The number of carbonyl (C=O) groups excluding carboxylic acids is 2. The van der Waals surface area contributed by atoms with Gasteiger partial charge in [0.05, 0.1) is 34.6 Å². The molecule has 0 unspecified atom stereocenters. The average molecular weight is 393 g/mol. The Morgan fingerprint density at radius 2 is 1.89 bits per heavy atom. The minimum absolute atomic E-state index is 0.0478. The van der Waals surface area contributed by atoms with Gasteiger partial charge in [0.15, 0.2) is 0 Å². The molecule has 2 atom stereocenters. The maximum atomic E-state index is 12.2. The second kappa shape index (κ2) is 10.6. The summed E-state index contributed by atoms with van der Waals surface area (Å²) in [6.07, 6.45) is 1.01. The van der Waals surface area contributed by atoms with Crippen molar-refractivity contribution in [2.75, 3.05) is 19.7 Å². The Balaban J connectivity index is 1.88. The molecule has 8 nitrogen and oxygen atoms in total. The summed E-state index contributed by atoms with van der Waals surface area (Å²) in [4.78, 5) is 24.2. The number of hydrogen-bond donors (Lipinski definition) is 3. The van der Waals surface area contributed by atoms with Crippen molar-refractivity contribution in [3.8, 4) is 0 Å². The zero-order valence-corrected chi connectivity index (χ0v) is 15.5. The van der Waals surface area contributed by atoms with Gasteiger partial charge in [-0.1, -0.05) is 23.7 Å². The van der Waals surface area contributed by atoms with Gasteiger partial charge in [-0.05, 0) is 25.1 Å². The van der Waals surface area contributed by atoms with Crippen molar-refractivity contribution >= 4 is 23.4 Å². The molecular formula is C18H21ClN4O4. The Labute approximate surface area is 161 Å². The lowest BCUT2D eigenvalue weighted by Gasteiger charge is -2.23. The highest BCUT2D eigenvalue weighted by Crippen LogP contribution is 2.14. The van der Waals surface area contributed by atoms with Crippen LogP contribution < -0.4 is 10.6 Å². The van der Waals surface area contributed by atoms with E-state index in [9.17, 15) is 14.7 Å². The number of halogens is 1. The Hall–Kier alpha value is -2.55. The zero-order valence-electron chi connectivity index (χ0n) is 14.8. The Morgan fingerprint density at radius 3 is 2.56 bits per heavy atom. The number of ether oxygens (including phenoxy) is 1. The predicted octanol–water partition coefficient (Wildman–Crippen LogP) is 1.06. The van der Waals surface area contributed by atoms with Crippen LogP contribution in [0.25, 0.3) is 0 Å². The molecule has 0 saturated heterocycles. The largest absolute Gasteiger partial charge is 0.388 e. The number of nitrogens with one attached hydrogen (secondary N) is 2. The Bertz CT molecular complexity index is 760. The van der Waals surface area contributed by atoms with E-state index in [1.165, 1.54) is 18.5 Å². The normalized spacial score (nSPS) is 12.9. The molecule has 0 fully saturated rings. The van der Waals surface area contributed by atoms with E-state index in [-0.39, 0.29) is 24.9 Å². The molecule has 0 radical (unpaired) electrons. The predicted molar refractivity (Wildman–Crippen MR) is 99.6 cm³/mol. The van der Waals surface area contributed by atoms with Gasteiger partial charge in [0, 0.05) is 19.7 Å². The van der Waals surface area contributed by atoms with Crippen LogP contribution in [-0.4, -0.2) is 59.0 Å². The highest BCUT2D eigenvalue weighted by atomic mass is 35.5. The first-order valence-electron chi connectivity index (χ1n) is 8.40. The first-order chi connectivity index (χ1) is 13.0. The van der Waals surface area contributed by atoms with E-state index in [1.807, 2.05) is 0 Å². The molecule has 0 aliphatic heterocycles. The van der Waals surface area contributed by atoms with Gasteiger partial charge in [-0.3, -0.25) is 9.59 Å². The molecular weight excluding hydrogens is 372 g/mol.